The molecule has 0 aliphatic heterocycles. The maximum absolute atomic E-state index is 12.3. The number of aromatic amines is 2. The summed E-state index contributed by atoms with van der Waals surface area (Å²) in [5.41, 5.74) is 1.13. The molecule has 4 aromatic rings. The van der Waals surface area contributed by atoms with Crippen molar-refractivity contribution in [1.29, 1.82) is 0 Å². The van der Waals surface area contributed by atoms with Crippen molar-refractivity contribution < 1.29 is 9.90 Å². The molecule has 2 aromatic carbocycles. The minimum Gasteiger partial charge on any atom is -0.507 e. The zero-order valence-electron chi connectivity index (χ0n) is 14.3. The fourth-order valence-corrected chi connectivity index (χ4v) is 4.62. The first-order chi connectivity index (χ1) is 13.9. The van der Waals surface area contributed by atoms with E-state index in [1.165, 1.54) is 11.8 Å². The molecule has 3 N–H and O–H groups in total. The molecule has 2 aromatic heterocycles. The number of fused-ring (bicyclic) bond motifs is 1. The predicted octanol–water partition coefficient (Wildman–Crippen LogP) is 5.57. The van der Waals surface area contributed by atoms with E-state index in [4.69, 9.17) is 34.8 Å². The zero-order chi connectivity index (χ0) is 20.5. The monoisotopic (exact) mass is 465 g/mol. The van der Waals surface area contributed by atoms with Gasteiger partial charge in [-0.15, -0.1) is 10.2 Å². The number of hydrogen-bond acceptors (Lipinski definition) is 6. The summed E-state index contributed by atoms with van der Waals surface area (Å²) in [6, 6.07) is 10.3. The summed E-state index contributed by atoms with van der Waals surface area (Å²) in [7, 11) is 0. The van der Waals surface area contributed by atoms with Gasteiger partial charge in [-0.3, -0.25) is 4.79 Å². The third kappa shape index (κ3) is 4.25. The number of rotatable bonds is 5. The lowest BCUT2D eigenvalue weighted by molar-refractivity contribution is 0.103. The molecule has 11 heteroatoms. The van der Waals surface area contributed by atoms with Gasteiger partial charge in [0.25, 0.3) is 0 Å². The molecule has 0 spiro atoms. The number of carbonyl (C=O) groups is 1. The molecule has 146 valence electrons. The zero-order valence-corrected chi connectivity index (χ0v) is 17.4. The Balaban J connectivity index is 1.83. The Hall–Kier alpha value is -2.52. The number of carbonyl (C=O) groups excluding carboxylic acids is 1. The maximum atomic E-state index is 12.3. The van der Waals surface area contributed by atoms with Gasteiger partial charge < -0.3 is 10.1 Å². The number of ketones is 1. The van der Waals surface area contributed by atoms with Gasteiger partial charge in [0.15, 0.2) is 0 Å². The molecular weight excluding hydrogens is 457 g/mol. The SMILES string of the molecule is O=C(C=C(O)c1c(Sc2cc(Cl)cc(Cl)c2)[nH]c2ccc(Cl)cc12)c1nn[nH]n1. The second kappa shape index (κ2) is 8.08. The van der Waals surface area contributed by atoms with Crippen LogP contribution in [0.25, 0.3) is 16.7 Å². The van der Waals surface area contributed by atoms with Crippen LogP contribution >= 0.6 is 46.6 Å². The molecule has 0 atom stereocenters. The predicted molar refractivity (Wildman–Crippen MR) is 113 cm³/mol. The van der Waals surface area contributed by atoms with E-state index in [0.29, 0.717) is 31.0 Å². The molecule has 0 amide bonds. The molecular formula is C18H10Cl3N5O2S. The van der Waals surface area contributed by atoms with E-state index in [2.05, 4.69) is 25.6 Å². The summed E-state index contributed by atoms with van der Waals surface area (Å²) in [5, 5.41) is 26.2. The first-order valence-electron chi connectivity index (χ1n) is 8.04. The molecule has 0 bridgehead atoms. The topological polar surface area (TPSA) is 108 Å². The number of hydrogen-bond donors (Lipinski definition) is 3. The maximum Gasteiger partial charge on any atom is 0.244 e. The highest BCUT2D eigenvalue weighted by Gasteiger charge is 2.19. The standard InChI is InChI=1S/C18H10Cl3N5O2S/c19-8-1-2-13-12(6-8)16(14(27)7-15(28)17-23-25-26-24-17)18(22-13)29-11-4-9(20)3-10(21)5-11/h1-7,22,27H,(H,23,24,25,26). The lowest BCUT2D eigenvalue weighted by Crippen LogP contribution is -1.99. The van der Waals surface area contributed by atoms with Gasteiger partial charge >= 0.3 is 0 Å². The van der Waals surface area contributed by atoms with E-state index in [9.17, 15) is 9.90 Å². The first kappa shape index (κ1) is 19.8. The highest BCUT2D eigenvalue weighted by atomic mass is 35.5. The molecule has 0 saturated carbocycles. The quantitative estimate of drug-likeness (QED) is 0.201. The number of aromatic nitrogens is 5. The average Bonchev–Trinajstić information content (AvgIpc) is 3.28. The summed E-state index contributed by atoms with van der Waals surface area (Å²) in [6.07, 6.45) is 1.03. The highest BCUT2D eigenvalue weighted by molar-refractivity contribution is 7.99. The normalized spacial score (nSPS) is 11.9. The molecule has 2 heterocycles. The van der Waals surface area contributed by atoms with Gasteiger partial charge in [-0.25, -0.2) is 0 Å². The summed E-state index contributed by atoms with van der Waals surface area (Å²) < 4.78 is 0. The Bertz CT molecular complexity index is 1230. The fourth-order valence-electron chi connectivity index (χ4n) is 2.70. The molecule has 0 aliphatic rings. The number of halogens is 3. The third-order valence-electron chi connectivity index (χ3n) is 3.87. The van der Waals surface area contributed by atoms with E-state index in [1.807, 2.05) is 0 Å². The van der Waals surface area contributed by atoms with Gasteiger partial charge in [-0.05, 0) is 41.6 Å². The van der Waals surface area contributed by atoms with Crippen molar-refractivity contribution in [2.75, 3.05) is 0 Å². The van der Waals surface area contributed by atoms with Crippen molar-refractivity contribution in [3.63, 3.8) is 0 Å². The largest absolute Gasteiger partial charge is 0.507 e. The number of aliphatic hydroxyl groups is 1. The molecule has 7 nitrogen and oxygen atoms in total. The second-order valence-electron chi connectivity index (χ2n) is 5.86. The molecule has 0 aliphatic carbocycles. The molecule has 0 radical (unpaired) electrons. The van der Waals surface area contributed by atoms with Crippen LogP contribution in [0.3, 0.4) is 0 Å². The Morgan fingerprint density at radius 1 is 1.07 bits per heavy atom. The van der Waals surface area contributed by atoms with Crippen LogP contribution in [0.15, 0.2) is 52.4 Å². The van der Waals surface area contributed by atoms with Gasteiger partial charge in [0.2, 0.25) is 11.6 Å². The molecule has 4 rings (SSSR count). The van der Waals surface area contributed by atoms with Crippen molar-refractivity contribution in [3.05, 3.63) is 68.9 Å². The minimum absolute atomic E-state index is 0.162. The Morgan fingerprint density at radius 2 is 1.83 bits per heavy atom. The highest BCUT2D eigenvalue weighted by Crippen LogP contribution is 2.39. The van der Waals surface area contributed by atoms with Crippen molar-refractivity contribution >= 4 is 69.0 Å². The van der Waals surface area contributed by atoms with E-state index >= 15 is 0 Å². The Labute approximate surface area is 183 Å². The van der Waals surface area contributed by atoms with Crippen LogP contribution in [0.1, 0.15) is 16.2 Å². The fraction of sp³-hybridized carbons (Fsp3) is 0. The summed E-state index contributed by atoms with van der Waals surface area (Å²) >= 11 is 19.6. The lowest BCUT2D eigenvalue weighted by Gasteiger charge is -2.05. The number of H-pyrrole nitrogens is 2. The lowest BCUT2D eigenvalue weighted by atomic mass is 10.1. The number of aliphatic hydroxyl groups excluding tert-OH is 1. The first-order valence-corrected chi connectivity index (χ1v) is 10.00. The second-order valence-corrected chi connectivity index (χ2v) is 8.25. The molecule has 0 saturated heterocycles. The Kier molecular flexibility index (Phi) is 5.51. The van der Waals surface area contributed by atoms with Crippen LogP contribution < -0.4 is 0 Å². The van der Waals surface area contributed by atoms with Crippen molar-refractivity contribution in [2.24, 2.45) is 0 Å². The van der Waals surface area contributed by atoms with E-state index in [0.717, 1.165) is 16.5 Å². The number of benzene rings is 2. The van der Waals surface area contributed by atoms with Crippen LogP contribution in [0.5, 0.6) is 0 Å². The van der Waals surface area contributed by atoms with E-state index in [-0.39, 0.29) is 11.6 Å². The van der Waals surface area contributed by atoms with Crippen molar-refractivity contribution in [2.45, 2.75) is 9.92 Å². The third-order valence-corrected chi connectivity index (χ3v) is 5.53. The van der Waals surface area contributed by atoms with Crippen LogP contribution in [-0.4, -0.2) is 36.5 Å². The van der Waals surface area contributed by atoms with Gasteiger partial charge in [0.1, 0.15) is 5.76 Å². The van der Waals surface area contributed by atoms with Crippen molar-refractivity contribution in [1.82, 2.24) is 25.6 Å². The summed E-state index contributed by atoms with van der Waals surface area (Å²) in [6.45, 7) is 0. The minimum atomic E-state index is -0.602. The molecule has 0 fully saturated rings. The number of tetrazole rings is 1. The number of allylic oxidation sites excluding steroid dienone is 1. The smallest absolute Gasteiger partial charge is 0.244 e. The van der Waals surface area contributed by atoms with Crippen LogP contribution in [-0.2, 0) is 0 Å². The Morgan fingerprint density at radius 3 is 2.52 bits per heavy atom. The number of nitrogens with one attached hydrogen (secondary N) is 2. The van der Waals surface area contributed by atoms with E-state index < -0.39 is 5.78 Å². The van der Waals surface area contributed by atoms with Gasteiger partial charge in [-0.2, -0.15) is 5.21 Å². The van der Waals surface area contributed by atoms with Gasteiger partial charge in [-0.1, -0.05) is 46.6 Å². The van der Waals surface area contributed by atoms with E-state index in [1.54, 1.807) is 36.4 Å². The average molecular weight is 467 g/mol. The van der Waals surface area contributed by atoms with Crippen molar-refractivity contribution in [3.8, 4) is 0 Å². The summed E-state index contributed by atoms with van der Waals surface area (Å²) in [4.78, 5) is 16.2. The van der Waals surface area contributed by atoms with Crippen LogP contribution in [0.2, 0.25) is 15.1 Å². The van der Waals surface area contributed by atoms with Crippen LogP contribution in [0.4, 0.5) is 0 Å². The molecule has 29 heavy (non-hydrogen) atoms. The molecule has 0 unspecified atom stereocenters. The number of nitrogens with zero attached hydrogens (tertiary/aromatic N) is 3. The van der Waals surface area contributed by atoms with Crippen LogP contribution in [0, 0.1) is 0 Å². The van der Waals surface area contributed by atoms with Gasteiger partial charge in [0, 0.05) is 36.9 Å². The summed E-state index contributed by atoms with van der Waals surface area (Å²) in [5.74, 6) is -1.04. The van der Waals surface area contributed by atoms with Gasteiger partial charge in [0.05, 0.1) is 10.6 Å².